The van der Waals surface area contributed by atoms with Crippen LogP contribution in [0.1, 0.15) is 21.8 Å². The largest absolute Gasteiger partial charge is 0.339 e. The summed E-state index contributed by atoms with van der Waals surface area (Å²) >= 11 is 0. The third kappa shape index (κ3) is 4.15. The Bertz CT molecular complexity index is 1350. The number of carbonyl (C=O) groups excluding carboxylic acids is 1. The summed E-state index contributed by atoms with van der Waals surface area (Å²) in [6, 6.07) is 20.4. The first-order chi connectivity index (χ1) is 15.8. The predicted molar refractivity (Wildman–Crippen MR) is 118 cm³/mol. The lowest BCUT2D eigenvalue weighted by Crippen LogP contribution is -2.14. The zero-order valence-corrected chi connectivity index (χ0v) is 16.9. The molecule has 3 aromatic heterocycles. The van der Waals surface area contributed by atoms with Gasteiger partial charge in [0.25, 0.3) is 5.91 Å². The van der Waals surface area contributed by atoms with Gasteiger partial charge in [-0.25, -0.2) is 4.68 Å². The minimum Gasteiger partial charge on any atom is -0.339 e. The van der Waals surface area contributed by atoms with Crippen molar-refractivity contribution in [3.63, 3.8) is 0 Å². The first-order valence-electron chi connectivity index (χ1n) is 9.98. The van der Waals surface area contributed by atoms with E-state index in [1.807, 2.05) is 60.8 Å². The highest BCUT2D eigenvalue weighted by Gasteiger charge is 2.14. The average molecular weight is 422 g/mol. The molecule has 3 heterocycles. The van der Waals surface area contributed by atoms with Gasteiger partial charge in [-0.1, -0.05) is 29.4 Å². The van der Waals surface area contributed by atoms with Crippen LogP contribution in [0, 0.1) is 0 Å². The molecule has 156 valence electrons. The average Bonchev–Trinajstić information content (AvgIpc) is 3.54. The lowest BCUT2D eigenvalue weighted by molar-refractivity contribution is 0.102. The fourth-order valence-corrected chi connectivity index (χ4v) is 3.30. The van der Waals surface area contributed by atoms with E-state index in [4.69, 9.17) is 4.52 Å². The van der Waals surface area contributed by atoms with Gasteiger partial charge in [0.1, 0.15) is 0 Å². The number of anilines is 1. The minimum absolute atomic E-state index is 0.215. The Morgan fingerprint density at radius 2 is 1.94 bits per heavy atom. The van der Waals surface area contributed by atoms with Gasteiger partial charge in [0.15, 0.2) is 0 Å². The second-order valence-electron chi connectivity index (χ2n) is 7.04. The van der Waals surface area contributed by atoms with E-state index in [0.29, 0.717) is 29.4 Å². The Kier molecular flexibility index (Phi) is 5.24. The highest BCUT2D eigenvalue weighted by molar-refractivity contribution is 6.05. The molecule has 0 saturated heterocycles. The van der Waals surface area contributed by atoms with Crippen LogP contribution >= 0.6 is 0 Å². The Labute approximate surface area is 183 Å². The number of rotatable bonds is 6. The van der Waals surface area contributed by atoms with Gasteiger partial charge in [0, 0.05) is 41.6 Å². The first kappa shape index (κ1) is 19.4. The summed E-state index contributed by atoms with van der Waals surface area (Å²) in [6.45, 7) is 0. The number of amides is 1. The molecule has 8 nitrogen and oxygen atoms in total. The quantitative estimate of drug-likeness (QED) is 0.441. The molecule has 0 bridgehead atoms. The third-order valence-electron chi connectivity index (χ3n) is 4.87. The molecule has 0 radical (unpaired) electrons. The van der Waals surface area contributed by atoms with Gasteiger partial charge in [0.2, 0.25) is 11.7 Å². The van der Waals surface area contributed by atoms with Gasteiger partial charge in [0.05, 0.1) is 12.1 Å². The standard InChI is InChI=1S/C24H18N6O2/c31-24(18-7-3-9-20(14-18)30-13-5-12-26-30)27-21-10-2-1-6-17(21)15-22-28-23(29-32-22)19-8-4-11-25-16-19/h1-14,16H,15H2,(H,27,31). The summed E-state index contributed by atoms with van der Waals surface area (Å²) < 4.78 is 7.12. The molecule has 0 atom stereocenters. The predicted octanol–water partition coefficient (Wildman–Crippen LogP) is 4.16. The van der Waals surface area contributed by atoms with Crippen molar-refractivity contribution >= 4 is 11.6 Å². The van der Waals surface area contributed by atoms with E-state index in [2.05, 4.69) is 25.5 Å². The molecular weight excluding hydrogens is 404 g/mol. The minimum atomic E-state index is -0.215. The van der Waals surface area contributed by atoms with Crippen LogP contribution in [0.3, 0.4) is 0 Å². The number of benzene rings is 2. The molecule has 8 heteroatoms. The van der Waals surface area contributed by atoms with Crippen molar-refractivity contribution < 1.29 is 9.32 Å². The van der Waals surface area contributed by atoms with Crippen molar-refractivity contribution in [2.75, 3.05) is 5.32 Å². The van der Waals surface area contributed by atoms with E-state index in [-0.39, 0.29) is 5.91 Å². The monoisotopic (exact) mass is 422 g/mol. The molecule has 0 unspecified atom stereocenters. The van der Waals surface area contributed by atoms with Crippen molar-refractivity contribution in [3.05, 3.63) is 109 Å². The highest BCUT2D eigenvalue weighted by Crippen LogP contribution is 2.22. The van der Waals surface area contributed by atoms with Crippen molar-refractivity contribution in [2.45, 2.75) is 6.42 Å². The van der Waals surface area contributed by atoms with Gasteiger partial charge in [-0.3, -0.25) is 9.78 Å². The number of hydrogen-bond donors (Lipinski definition) is 1. The molecule has 0 saturated carbocycles. The normalized spacial score (nSPS) is 10.8. The van der Waals surface area contributed by atoms with Crippen LogP contribution in [-0.2, 0) is 6.42 Å². The van der Waals surface area contributed by atoms with Crippen LogP contribution in [0.4, 0.5) is 5.69 Å². The number of pyridine rings is 1. The van der Waals surface area contributed by atoms with Gasteiger partial charge in [-0.15, -0.1) is 0 Å². The van der Waals surface area contributed by atoms with Gasteiger partial charge >= 0.3 is 0 Å². The van der Waals surface area contributed by atoms with E-state index in [1.54, 1.807) is 35.4 Å². The summed E-state index contributed by atoms with van der Waals surface area (Å²) in [4.78, 5) is 21.5. The second-order valence-corrected chi connectivity index (χ2v) is 7.04. The van der Waals surface area contributed by atoms with E-state index >= 15 is 0 Å². The van der Waals surface area contributed by atoms with E-state index in [1.165, 1.54) is 0 Å². The molecule has 1 amide bonds. The molecule has 2 aromatic carbocycles. The van der Waals surface area contributed by atoms with Gasteiger partial charge < -0.3 is 9.84 Å². The molecular formula is C24H18N6O2. The maximum Gasteiger partial charge on any atom is 0.255 e. The van der Waals surface area contributed by atoms with Crippen LogP contribution in [0.2, 0.25) is 0 Å². The molecule has 32 heavy (non-hydrogen) atoms. The summed E-state index contributed by atoms with van der Waals surface area (Å²) in [5.41, 5.74) is 3.67. The number of nitrogens with zero attached hydrogens (tertiary/aromatic N) is 5. The fourth-order valence-electron chi connectivity index (χ4n) is 3.30. The summed E-state index contributed by atoms with van der Waals surface area (Å²) in [5.74, 6) is 0.712. The fraction of sp³-hybridized carbons (Fsp3) is 0.0417. The van der Waals surface area contributed by atoms with Crippen LogP contribution in [0.25, 0.3) is 17.1 Å². The lowest BCUT2D eigenvalue weighted by Gasteiger charge is -2.11. The summed E-state index contributed by atoms with van der Waals surface area (Å²) in [7, 11) is 0. The molecule has 5 aromatic rings. The summed E-state index contributed by atoms with van der Waals surface area (Å²) in [5, 5.41) is 11.2. The Morgan fingerprint density at radius 3 is 2.78 bits per heavy atom. The number of aromatic nitrogens is 5. The van der Waals surface area contributed by atoms with Crippen molar-refractivity contribution in [3.8, 4) is 17.1 Å². The van der Waals surface area contributed by atoms with Crippen molar-refractivity contribution in [2.24, 2.45) is 0 Å². The van der Waals surface area contributed by atoms with Gasteiger partial charge in [-0.05, 0) is 48.0 Å². The number of hydrogen-bond acceptors (Lipinski definition) is 6. The van der Waals surface area contributed by atoms with Gasteiger partial charge in [-0.2, -0.15) is 10.1 Å². The first-order valence-corrected chi connectivity index (χ1v) is 9.98. The lowest BCUT2D eigenvalue weighted by atomic mass is 10.1. The molecule has 0 aliphatic heterocycles. The zero-order valence-electron chi connectivity index (χ0n) is 16.9. The Morgan fingerprint density at radius 1 is 1.00 bits per heavy atom. The van der Waals surface area contributed by atoms with E-state index < -0.39 is 0 Å². The zero-order chi connectivity index (χ0) is 21.8. The molecule has 0 aliphatic rings. The molecule has 0 fully saturated rings. The maximum atomic E-state index is 12.9. The van der Waals surface area contributed by atoms with Crippen LogP contribution < -0.4 is 5.32 Å². The third-order valence-corrected chi connectivity index (χ3v) is 4.87. The maximum absolute atomic E-state index is 12.9. The van der Waals surface area contributed by atoms with E-state index in [9.17, 15) is 4.79 Å². The van der Waals surface area contributed by atoms with Crippen LogP contribution in [0.15, 0.2) is 96.0 Å². The Balaban J connectivity index is 1.35. The van der Waals surface area contributed by atoms with Crippen molar-refractivity contribution in [1.82, 2.24) is 24.9 Å². The van der Waals surface area contributed by atoms with Crippen LogP contribution in [-0.4, -0.2) is 30.8 Å². The molecule has 5 rings (SSSR count). The van der Waals surface area contributed by atoms with Crippen LogP contribution in [0.5, 0.6) is 0 Å². The number of carbonyl (C=O) groups is 1. The smallest absolute Gasteiger partial charge is 0.255 e. The number of nitrogens with one attached hydrogen (secondary N) is 1. The molecule has 1 N–H and O–H groups in total. The van der Waals surface area contributed by atoms with E-state index in [0.717, 1.165) is 16.8 Å². The second kappa shape index (κ2) is 8.65. The van der Waals surface area contributed by atoms with Crippen molar-refractivity contribution in [1.29, 1.82) is 0 Å². The Hall–Kier alpha value is -4.59. The highest BCUT2D eigenvalue weighted by atomic mass is 16.5. The number of para-hydroxylation sites is 1. The summed E-state index contributed by atoms with van der Waals surface area (Å²) in [6.07, 6.45) is 7.28. The topological polar surface area (TPSA) is 98.7 Å². The molecule has 0 aliphatic carbocycles. The molecule has 0 spiro atoms. The SMILES string of the molecule is O=C(Nc1ccccc1Cc1nc(-c2cccnc2)no1)c1cccc(-n2cccn2)c1.